The van der Waals surface area contributed by atoms with Crippen molar-refractivity contribution in [1.82, 2.24) is 5.32 Å². The molecule has 0 fully saturated rings. The Balaban J connectivity index is 1.67. The predicted octanol–water partition coefficient (Wildman–Crippen LogP) is 4.49. The van der Waals surface area contributed by atoms with E-state index in [4.69, 9.17) is 9.47 Å². The second-order valence-corrected chi connectivity index (χ2v) is 6.33. The van der Waals surface area contributed by atoms with E-state index in [0.29, 0.717) is 24.5 Å². The van der Waals surface area contributed by atoms with Gasteiger partial charge in [0.25, 0.3) is 5.91 Å². The fraction of sp³-hybridized carbons (Fsp3) is 0.227. The van der Waals surface area contributed by atoms with Gasteiger partial charge in [0.05, 0.1) is 24.8 Å². The lowest BCUT2D eigenvalue weighted by Gasteiger charge is -2.27. The van der Waals surface area contributed by atoms with Gasteiger partial charge >= 0.3 is 0 Å². The van der Waals surface area contributed by atoms with E-state index >= 15 is 0 Å². The molecule has 0 bridgehead atoms. The van der Waals surface area contributed by atoms with Gasteiger partial charge in [0.2, 0.25) is 0 Å². The van der Waals surface area contributed by atoms with Crippen LogP contribution < -0.4 is 14.8 Å². The third kappa shape index (κ3) is 3.10. The van der Waals surface area contributed by atoms with Crippen molar-refractivity contribution in [1.29, 1.82) is 0 Å². The number of carbonyl (C=O) groups is 1. The molecule has 3 aromatic carbocycles. The monoisotopic (exact) mass is 347 g/mol. The van der Waals surface area contributed by atoms with E-state index in [2.05, 4.69) is 5.32 Å². The van der Waals surface area contributed by atoms with Crippen molar-refractivity contribution in [3.63, 3.8) is 0 Å². The molecule has 1 heterocycles. The van der Waals surface area contributed by atoms with E-state index in [9.17, 15) is 4.79 Å². The smallest absolute Gasteiger partial charge is 0.255 e. The Morgan fingerprint density at radius 1 is 1.12 bits per heavy atom. The summed E-state index contributed by atoms with van der Waals surface area (Å²) in [6, 6.07) is 19.6. The van der Waals surface area contributed by atoms with E-state index in [-0.39, 0.29) is 11.9 Å². The van der Waals surface area contributed by atoms with Crippen LogP contribution in [0.1, 0.15) is 35.3 Å². The van der Waals surface area contributed by atoms with Crippen LogP contribution in [0.15, 0.2) is 60.7 Å². The summed E-state index contributed by atoms with van der Waals surface area (Å²) in [5.41, 5.74) is 1.58. The van der Waals surface area contributed by atoms with E-state index < -0.39 is 0 Å². The molecule has 0 saturated heterocycles. The highest BCUT2D eigenvalue weighted by atomic mass is 16.5. The number of hydrogen-bond acceptors (Lipinski definition) is 3. The largest absolute Gasteiger partial charge is 0.493 e. The van der Waals surface area contributed by atoms with Crippen molar-refractivity contribution in [2.24, 2.45) is 0 Å². The molecule has 0 saturated carbocycles. The second kappa shape index (κ2) is 7.08. The number of ether oxygens (including phenoxy) is 2. The van der Waals surface area contributed by atoms with Crippen molar-refractivity contribution in [3.8, 4) is 11.5 Å². The van der Waals surface area contributed by atoms with Crippen molar-refractivity contribution >= 4 is 16.7 Å². The van der Waals surface area contributed by atoms with Gasteiger partial charge in [0.1, 0.15) is 11.5 Å². The van der Waals surface area contributed by atoms with Gasteiger partial charge in [-0.3, -0.25) is 4.79 Å². The van der Waals surface area contributed by atoms with Gasteiger partial charge in [-0.25, -0.2) is 0 Å². The highest BCUT2D eigenvalue weighted by molar-refractivity contribution is 6.01. The average molecular weight is 347 g/mol. The first-order valence-corrected chi connectivity index (χ1v) is 8.94. The Hall–Kier alpha value is -3.01. The number of nitrogens with one attached hydrogen (secondary N) is 1. The highest BCUT2D eigenvalue weighted by Crippen LogP contribution is 2.33. The topological polar surface area (TPSA) is 47.6 Å². The maximum Gasteiger partial charge on any atom is 0.255 e. The van der Waals surface area contributed by atoms with Crippen LogP contribution in [-0.2, 0) is 0 Å². The number of hydrogen-bond donors (Lipinski definition) is 1. The Labute approximate surface area is 152 Å². The summed E-state index contributed by atoms with van der Waals surface area (Å²) >= 11 is 0. The fourth-order valence-corrected chi connectivity index (χ4v) is 3.40. The maximum atomic E-state index is 13.0. The zero-order valence-electron chi connectivity index (χ0n) is 14.7. The molecule has 132 valence electrons. The lowest BCUT2D eigenvalue weighted by molar-refractivity contribution is 0.0921. The molecule has 1 N–H and O–H groups in total. The Morgan fingerprint density at radius 3 is 2.65 bits per heavy atom. The minimum absolute atomic E-state index is 0.0617. The van der Waals surface area contributed by atoms with E-state index in [0.717, 1.165) is 28.5 Å². The minimum atomic E-state index is -0.124. The number of fused-ring (bicyclic) bond motifs is 2. The molecule has 1 aliphatic rings. The Kier molecular flexibility index (Phi) is 4.48. The standard InChI is InChI=1S/C22H21NO3/c1-2-25-21-14-16-8-4-3-7-15(16)13-18(21)22(24)23-19-11-12-26-20-10-6-5-9-17(19)20/h3-10,13-14,19H,2,11-12H2,1H3,(H,23,24). The summed E-state index contributed by atoms with van der Waals surface area (Å²) in [4.78, 5) is 13.0. The number of benzene rings is 3. The summed E-state index contributed by atoms with van der Waals surface area (Å²) in [5, 5.41) is 5.24. The van der Waals surface area contributed by atoms with Gasteiger partial charge in [0, 0.05) is 12.0 Å². The Bertz CT molecular complexity index is 951. The Morgan fingerprint density at radius 2 is 1.85 bits per heavy atom. The maximum absolute atomic E-state index is 13.0. The molecule has 1 unspecified atom stereocenters. The van der Waals surface area contributed by atoms with Gasteiger partial charge in [-0.1, -0.05) is 42.5 Å². The molecule has 4 rings (SSSR count). The fourth-order valence-electron chi connectivity index (χ4n) is 3.40. The van der Waals surface area contributed by atoms with E-state index in [1.807, 2.05) is 67.6 Å². The summed E-state index contributed by atoms with van der Waals surface area (Å²) < 4.78 is 11.4. The molecular weight excluding hydrogens is 326 g/mol. The summed E-state index contributed by atoms with van der Waals surface area (Å²) in [6.07, 6.45) is 0.750. The van der Waals surface area contributed by atoms with Crippen molar-refractivity contribution in [3.05, 3.63) is 71.8 Å². The van der Waals surface area contributed by atoms with Gasteiger partial charge in [-0.2, -0.15) is 0 Å². The lowest BCUT2D eigenvalue weighted by atomic mass is 9.99. The van der Waals surface area contributed by atoms with E-state index in [1.54, 1.807) is 0 Å². The van der Waals surface area contributed by atoms with Crippen LogP contribution in [0.25, 0.3) is 10.8 Å². The van der Waals surface area contributed by atoms with Crippen molar-refractivity contribution in [2.75, 3.05) is 13.2 Å². The van der Waals surface area contributed by atoms with E-state index in [1.165, 1.54) is 0 Å². The zero-order valence-corrected chi connectivity index (χ0v) is 14.7. The molecule has 4 nitrogen and oxygen atoms in total. The minimum Gasteiger partial charge on any atom is -0.493 e. The first-order valence-electron chi connectivity index (χ1n) is 8.94. The number of amides is 1. The zero-order chi connectivity index (χ0) is 17.9. The van der Waals surface area contributed by atoms with Crippen LogP contribution in [0, 0.1) is 0 Å². The quantitative estimate of drug-likeness (QED) is 0.756. The summed E-state index contributed by atoms with van der Waals surface area (Å²) in [5.74, 6) is 1.33. The van der Waals surface area contributed by atoms with Gasteiger partial charge < -0.3 is 14.8 Å². The molecule has 1 atom stereocenters. The molecule has 26 heavy (non-hydrogen) atoms. The average Bonchev–Trinajstić information content (AvgIpc) is 2.68. The van der Waals surface area contributed by atoms with Crippen molar-refractivity contribution < 1.29 is 14.3 Å². The summed E-state index contributed by atoms with van der Waals surface area (Å²) in [7, 11) is 0. The van der Waals surface area contributed by atoms with Gasteiger partial charge in [0.15, 0.2) is 0 Å². The SMILES string of the molecule is CCOc1cc2ccccc2cc1C(=O)NC1CCOc2ccccc21. The van der Waals surface area contributed by atoms with Gasteiger partial charge in [-0.15, -0.1) is 0 Å². The number of carbonyl (C=O) groups excluding carboxylic acids is 1. The molecule has 1 aliphatic heterocycles. The molecule has 0 aromatic heterocycles. The number of rotatable bonds is 4. The third-order valence-electron chi connectivity index (χ3n) is 4.66. The van der Waals surface area contributed by atoms with Crippen LogP contribution in [0.4, 0.5) is 0 Å². The highest BCUT2D eigenvalue weighted by Gasteiger charge is 2.24. The van der Waals surface area contributed by atoms with Crippen molar-refractivity contribution in [2.45, 2.75) is 19.4 Å². The lowest BCUT2D eigenvalue weighted by Crippen LogP contribution is -2.32. The van der Waals surface area contributed by atoms with Crippen LogP contribution in [0.5, 0.6) is 11.5 Å². The van der Waals surface area contributed by atoms with Crippen LogP contribution in [0.3, 0.4) is 0 Å². The first kappa shape index (κ1) is 16.5. The first-order chi connectivity index (χ1) is 12.8. The van der Waals surface area contributed by atoms with Gasteiger partial charge in [-0.05, 0) is 35.9 Å². The van der Waals surface area contributed by atoms with Crippen LogP contribution in [-0.4, -0.2) is 19.1 Å². The molecule has 1 amide bonds. The van der Waals surface area contributed by atoms with Crippen LogP contribution >= 0.6 is 0 Å². The number of para-hydroxylation sites is 1. The predicted molar refractivity (Wildman–Crippen MR) is 102 cm³/mol. The molecule has 4 heteroatoms. The normalized spacial score (nSPS) is 15.8. The molecule has 0 aliphatic carbocycles. The molecular formula is C22H21NO3. The van der Waals surface area contributed by atoms with Crippen LogP contribution in [0.2, 0.25) is 0 Å². The molecule has 0 radical (unpaired) electrons. The molecule has 0 spiro atoms. The third-order valence-corrected chi connectivity index (χ3v) is 4.66. The second-order valence-electron chi connectivity index (χ2n) is 6.33. The molecule has 3 aromatic rings. The summed E-state index contributed by atoms with van der Waals surface area (Å²) in [6.45, 7) is 3.03.